The first-order valence-corrected chi connectivity index (χ1v) is 7.91. The number of nitrogens with one attached hydrogen (secondary N) is 1. The summed E-state index contributed by atoms with van der Waals surface area (Å²) >= 11 is 0. The summed E-state index contributed by atoms with van der Waals surface area (Å²) < 4.78 is 0. The van der Waals surface area contributed by atoms with Crippen molar-refractivity contribution < 1.29 is 0 Å². The summed E-state index contributed by atoms with van der Waals surface area (Å²) in [6, 6.07) is 1.44. The van der Waals surface area contributed by atoms with Gasteiger partial charge in [0, 0.05) is 12.1 Å². The summed E-state index contributed by atoms with van der Waals surface area (Å²) in [5.74, 6) is 0.873. The Morgan fingerprint density at radius 2 is 1.67 bits per heavy atom. The van der Waals surface area contributed by atoms with Gasteiger partial charge in [-0.25, -0.2) is 0 Å². The van der Waals surface area contributed by atoms with Crippen LogP contribution in [0.2, 0.25) is 0 Å². The summed E-state index contributed by atoms with van der Waals surface area (Å²) in [6.07, 6.45) is 4.10. The first kappa shape index (κ1) is 16.0. The average Bonchev–Trinajstić information content (AvgIpc) is 2.31. The van der Waals surface area contributed by atoms with Crippen LogP contribution in [0.15, 0.2) is 0 Å². The minimum absolute atomic E-state index is 0.461. The molecule has 0 heterocycles. The molecule has 0 aromatic rings. The van der Waals surface area contributed by atoms with Crippen LogP contribution in [0.1, 0.15) is 60.8 Å². The Balaban J connectivity index is 2.75. The lowest BCUT2D eigenvalue weighted by atomic mass is 9.69. The second-order valence-electron chi connectivity index (χ2n) is 6.83. The predicted molar refractivity (Wildman–Crippen MR) is 81.0 cm³/mol. The molecule has 0 amide bonds. The van der Waals surface area contributed by atoms with Crippen molar-refractivity contribution in [2.24, 2.45) is 11.3 Å². The highest BCUT2D eigenvalue weighted by molar-refractivity contribution is 4.93. The highest BCUT2D eigenvalue weighted by Crippen LogP contribution is 2.39. The number of hydrogen-bond acceptors (Lipinski definition) is 2. The van der Waals surface area contributed by atoms with Crippen molar-refractivity contribution >= 4 is 0 Å². The molecule has 1 saturated carbocycles. The standard InChI is InChI=1S/C16H34N2/c1-7-17-14-11-10-13(16(4,5)6)12-15(14)18(8-2)9-3/h13-15,17H,7-12H2,1-6H3. The normalized spacial score (nSPS) is 29.8. The molecule has 0 aromatic heterocycles. The fraction of sp³-hybridized carbons (Fsp3) is 1.00. The molecule has 1 N–H and O–H groups in total. The van der Waals surface area contributed by atoms with E-state index in [4.69, 9.17) is 0 Å². The Labute approximate surface area is 115 Å². The van der Waals surface area contributed by atoms with E-state index in [0.717, 1.165) is 18.5 Å². The lowest BCUT2D eigenvalue weighted by Crippen LogP contribution is -2.54. The monoisotopic (exact) mass is 254 g/mol. The maximum atomic E-state index is 3.71. The third-order valence-electron chi connectivity index (χ3n) is 4.79. The van der Waals surface area contributed by atoms with Gasteiger partial charge < -0.3 is 5.32 Å². The summed E-state index contributed by atoms with van der Waals surface area (Å²) in [5.41, 5.74) is 0.461. The van der Waals surface area contributed by atoms with Gasteiger partial charge in [0.25, 0.3) is 0 Å². The van der Waals surface area contributed by atoms with Gasteiger partial charge in [0.1, 0.15) is 0 Å². The third-order valence-corrected chi connectivity index (χ3v) is 4.79. The molecular formula is C16H34N2. The van der Waals surface area contributed by atoms with Crippen molar-refractivity contribution in [3.8, 4) is 0 Å². The van der Waals surface area contributed by atoms with Crippen LogP contribution in [0.3, 0.4) is 0 Å². The maximum absolute atomic E-state index is 3.71. The van der Waals surface area contributed by atoms with Crippen molar-refractivity contribution in [3.05, 3.63) is 0 Å². The molecule has 0 spiro atoms. The Morgan fingerprint density at radius 3 is 2.11 bits per heavy atom. The summed E-state index contributed by atoms with van der Waals surface area (Å²) in [5, 5.41) is 3.71. The van der Waals surface area contributed by atoms with Crippen LogP contribution < -0.4 is 5.32 Å². The molecule has 3 unspecified atom stereocenters. The molecule has 108 valence electrons. The van der Waals surface area contributed by atoms with Crippen LogP contribution >= 0.6 is 0 Å². The van der Waals surface area contributed by atoms with E-state index in [0.29, 0.717) is 11.5 Å². The number of rotatable bonds is 5. The van der Waals surface area contributed by atoms with E-state index in [9.17, 15) is 0 Å². The van der Waals surface area contributed by atoms with Crippen molar-refractivity contribution in [1.82, 2.24) is 10.2 Å². The van der Waals surface area contributed by atoms with Crippen molar-refractivity contribution in [3.63, 3.8) is 0 Å². The molecule has 1 fully saturated rings. The first-order chi connectivity index (χ1) is 8.43. The fourth-order valence-electron chi connectivity index (χ4n) is 3.53. The SMILES string of the molecule is CCNC1CCC(C(C)(C)C)CC1N(CC)CC. The number of nitrogens with zero attached hydrogens (tertiary/aromatic N) is 1. The zero-order valence-corrected chi connectivity index (χ0v) is 13.4. The van der Waals surface area contributed by atoms with Gasteiger partial charge in [0.05, 0.1) is 0 Å². The van der Waals surface area contributed by atoms with Crippen LogP contribution in [0.25, 0.3) is 0 Å². The van der Waals surface area contributed by atoms with Crippen LogP contribution in [-0.4, -0.2) is 36.6 Å². The Hall–Kier alpha value is -0.0800. The summed E-state index contributed by atoms with van der Waals surface area (Å²) in [6.45, 7) is 17.5. The van der Waals surface area contributed by atoms with E-state index in [1.54, 1.807) is 0 Å². The molecule has 18 heavy (non-hydrogen) atoms. The second kappa shape index (κ2) is 6.91. The van der Waals surface area contributed by atoms with Crippen LogP contribution in [0.5, 0.6) is 0 Å². The molecule has 0 aliphatic heterocycles. The lowest BCUT2D eigenvalue weighted by Gasteiger charge is -2.46. The van der Waals surface area contributed by atoms with Crippen LogP contribution in [0, 0.1) is 11.3 Å². The molecule has 3 atom stereocenters. The fourth-order valence-corrected chi connectivity index (χ4v) is 3.53. The quantitative estimate of drug-likeness (QED) is 0.807. The van der Waals surface area contributed by atoms with E-state index in [2.05, 4.69) is 51.8 Å². The number of likely N-dealkylation sites (N-methyl/N-ethyl adjacent to an activating group) is 2. The van der Waals surface area contributed by atoms with Crippen molar-refractivity contribution in [2.75, 3.05) is 19.6 Å². The zero-order chi connectivity index (χ0) is 13.8. The molecule has 1 aliphatic rings. The predicted octanol–water partition coefficient (Wildman–Crippen LogP) is 3.52. The second-order valence-corrected chi connectivity index (χ2v) is 6.83. The molecule has 0 radical (unpaired) electrons. The van der Waals surface area contributed by atoms with E-state index >= 15 is 0 Å². The van der Waals surface area contributed by atoms with Gasteiger partial charge in [-0.3, -0.25) is 4.90 Å². The van der Waals surface area contributed by atoms with Gasteiger partial charge in [0.15, 0.2) is 0 Å². The average molecular weight is 254 g/mol. The lowest BCUT2D eigenvalue weighted by molar-refractivity contribution is 0.0643. The van der Waals surface area contributed by atoms with E-state index in [1.807, 2.05) is 0 Å². The Bertz CT molecular complexity index is 228. The molecular weight excluding hydrogens is 220 g/mol. The summed E-state index contributed by atoms with van der Waals surface area (Å²) in [7, 11) is 0. The molecule has 0 aromatic carbocycles. The molecule has 1 rings (SSSR count). The highest BCUT2D eigenvalue weighted by atomic mass is 15.2. The van der Waals surface area contributed by atoms with Gasteiger partial charge >= 0.3 is 0 Å². The largest absolute Gasteiger partial charge is 0.313 e. The topological polar surface area (TPSA) is 15.3 Å². The van der Waals surface area contributed by atoms with Gasteiger partial charge in [-0.1, -0.05) is 41.5 Å². The molecule has 0 saturated heterocycles. The minimum atomic E-state index is 0.461. The minimum Gasteiger partial charge on any atom is -0.313 e. The number of hydrogen-bond donors (Lipinski definition) is 1. The van der Waals surface area contributed by atoms with Crippen molar-refractivity contribution in [1.29, 1.82) is 0 Å². The smallest absolute Gasteiger partial charge is 0.0251 e. The highest BCUT2D eigenvalue weighted by Gasteiger charge is 2.37. The van der Waals surface area contributed by atoms with E-state index in [1.165, 1.54) is 32.4 Å². The van der Waals surface area contributed by atoms with E-state index in [-0.39, 0.29) is 0 Å². The maximum Gasteiger partial charge on any atom is 0.0251 e. The molecule has 0 bridgehead atoms. The summed E-state index contributed by atoms with van der Waals surface area (Å²) in [4.78, 5) is 2.66. The Kier molecular flexibility index (Phi) is 6.13. The van der Waals surface area contributed by atoms with Crippen LogP contribution in [0.4, 0.5) is 0 Å². The first-order valence-electron chi connectivity index (χ1n) is 7.91. The van der Waals surface area contributed by atoms with Gasteiger partial charge in [-0.2, -0.15) is 0 Å². The van der Waals surface area contributed by atoms with Crippen LogP contribution in [-0.2, 0) is 0 Å². The van der Waals surface area contributed by atoms with E-state index < -0.39 is 0 Å². The van der Waals surface area contributed by atoms with Crippen molar-refractivity contribution in [2.45, 2.75) is 72.9 Å². The Morgan fingerprint density at radius 1 is 1.06 bits per heavy atom. The molecule has 2 heteroatoms. The van der Waals surface area contributed by atoms with Gasteiger partial charge in [-0.15, -0.1) is 0 Å². The molecule has 1 aliphatic carbocycles. The third kappa shape index (κ3) is 3.96. The zero-order valence-electron chi connectivity index (χ0n) is 13.4. The molecule has 2 nitrogen and oxygen atoms in total. The van der Waals surface area contributed by atoms with Gasteiger partial charge in [-0.05, 0) is 50.2 Å². The van der Waals surface area contributed by atoms with Gasteiger partial charge in [0.2, 0.25) is 0 Å².